The first-order chi connectivity index (χ1) is 6.20. The lowest BCUT2D eigenvalue weighted by atomic mass is 10.1. The van der Waals surface area contributed by atoms with Gasteiger partial charge in [0.2, 0.25) is 11.8 Å². The van der Waals surface area contributed by atoms with Crippen molar-refractivity contribution in [3.05, 3.63) is 0 Å². The zero-order valence-corrected chi connectivity index (χ0v) is 7.82. The normalized spacial score (nSPS) is 22.9. The van der Waals surface area contributed by atoms with Crippen molar-refractivity contribution in [3.63, 3.8) is 0 Å². The number of nitrogens with zero attached hydrogens (tertiary/aromatic N) is 1. The Hall–Kier alpha value is -0.900. The average Bonchev–Trinajstić information content (AvgIpc) is 2.34. The SMILES string of the molecule is CCCN1C(=O)CC(CCO)C1=O. The van der Waals surface area contributed by atoms with Crippen molar-refractivity contribution in [1.29, 1.82) is 0 Å². The van der Waals surface area contributed by atoms with E-state index >= 15 is 0 Å². The molecule has 0 aliphatic carbocycles. The van der Waals surface area contributed by atoms with Crippen molar-refractivity contribution >= 4 is 11.8 Å². The molecule has 0 saturated carbocycles. The van der Waals surface area contributed by atoms with Crippen LogP contribution < -0.4 is 0 Å². The van der Waals surface area contributed by atoms with Gasteiger partial charge in [-0.15, -0.1) is 0 Å². The van der Waals surface area contributed by atoms with Crippen LogP contribution in [-0.4, -0.2) is 35.0 Å². The van der Waals surface area contributed by atoms with Gasteiger partial charge >= 0.3 is 0 Å². The minimum absolute atomic E-state index is 0.0242. The first-order valence-corrected chi connectivity index (χ1v) is 4.65. The van der Waals surface area contributed by atoms with Crippen molar-refractivity contribution < 1.29 is 14.7 Å². The van der Waals surface area contributed by atoms with Gasteiger partial charge in [0.25, 0.3) is 0 Å². The topological polar surface area (TPSA) is 57.6 Å². The van der Waals surface area contributed by atoms with Gasteiger partial charge in [-0.3, -0.25) is 14.5 Å². The average molecular weight is 185 g/mol. The van der Waals surface area contributed by atoms with Crippen LogP contribution in [0.3, 0.4) is 0 Å². The summed E-state index contributed by atoms with van der Waals surface area (Å²) in [6.07, 6.45) is 1.48. The Kier molecular flexibility index (Phi) is 3.42. The maximum atomic E-state index is 11.5. The molecule has 1 rings (SSSR count). The lowest BCUT2D eigenvalue weighted by Crippen LogP contribution is -2.31. The summed E-state index contributed by atoms with van der Waals surface area (Å²) in [6, 6.07) is 0. The molecule has 1 N–H and O–H groups in total. The maximum absolute atomic E-state index is 11.5. The zero-order chi connectivity index (χ0) is 9.84. The summed E-state index contributed by atoms with van der Waals surface area (Å²) >= 11 is 0. The van der Waals surface area contributed by atoms with E-state index in [1.807, 2.05) is 6.92 Å². The summed E-state index contributed by atoms with van der Waals surface area (Å²) in [4.78, 5) is 24.1. The maximum Gasteiger partial charge on any atom is 0.232 e. The van der Waals surface area contributed by atoms with Gasteiger partial charge in [-0.1, -0.05) is 6.92 Å². The molecule has 1 fully saturated rings. The monoisotopic (exact) mass is 185 g/mol. The summed E-state index contributed by atoms with van der Waals surface area (Å²) < 4.78 is 0. The van der Waals surface area contributed by atoms with Gasteiger partial charge < -0.3 is 5.11 Å². The first-order valence-electron chi connectivity index (χ1n) is 4.65. The van der Waals surface area contributed by atoms with E-state index in [0.29, 0.717) is 13.0 Å². The summed E-state index contributed by atoms with van der Waals surface area (Å²) in [5.74, 6) is -0.477. The molecular weight excluding hydrogens is 170 g/mol. The Bertz CT molecular complexity index is 215. The Morgan fingerprint density at radius 3 is 2.77 bits per heavy atom. The quantitative estimate of drug-likeness (QED) is 0.634. The van der Waals surface area contributed by atoms with E-state index < -0.39 is 0 Å². The number of imide groups is 1. The smallest absolute Gasteiger partial charge is 0.232 e. The van der Waals surface area contributed by atoms with Crippen molar-refractivity contribution in [2.75, 3.05) is 13.2 Å². The highest BCUT2D eigenvalue weighted by molar-refractivity contribution is 6.03. The molecule has 1 aliphatic rings. The highest BCUT2D eigenvalue weighted by Crippen LogP contribution is 2.22. The second kappa shape index (κ2) is 4.37. The molecule has 4 nitrogen and oxygen atoms in total. The molecule has 1 heterocycles. The number of hydrogen-bond acceptors (Lipinski definition) is 3. The van der Waals surface area contributed by atoms with Gasteiger partial charge in [0.05, 0.1) is 0 Å². The molecule has 0 bridgehead atoms. The molecule has 1 atom stereocenters. The number of hydrogen-bond donors (Lipinski definition) is 1. The molecule has 74 valence electrons. The van der Waals surface area contributed by atoms with E-state index in [9.17, 15) is 9.59 Å². The van der Waals surface area contributed by atoms with Crippen LogP contribution >= 0.6 is 0 Å². The number of carbonyl (C=O) groups excluding carboxylic acids is 2. The van der Waals surface area contributed by atoms with Crippen LogP contribution in [0.1, 0.15) is 26.2 Å². The summed E-state index contributed by atoms with van der Waals surface area (Å²) in [6.45, 7) is 2.42. The van der Waals surface area contributed by atoms with Crippen LogP contribution in [0.15, 0.2) is 0 Å². The fourth-order valence-electron chi connectivity index (χ4n) is 1.59. The molecule has 0 aromatic heterocycles. The van der Waals surface area contributed by atoms with Crippen LogP contribution in [0, 0.1) is 5.92 Å². The predicted octanol–water partition coefficient (Wildman–Crippen LogP) is 0.154. The van der Waals surface area contributed by atoms with Gasteiger partial charge in [-0.05, 0) is 12.8 Å². The molecule has 0 spiro atoms. The summed E-state index contributed by atoms with van der Waals surface area (Å²) in [5.41, 5.74) is 0. The summed E-state index contributed by atoms with van der Waals surface area (Å²) in [7, 11) is 0. The van der Waals surface area contributed by atoms with Crippen molar-refractivity contribution in [1.82, 2.24) is 4.90 Å². The predicted molar refractivity (Wildman–Crippen MR) is 46.8 cm³/mol. The van der Waals surface area contributed by atoms with Crippen LogP contribution in [0.25, 0.3) is 0 Å². The first kappa shape index (κ1) is 10.2. The Morgan fingerprint density at radius 1 is 1.54 bits per heavy atom. The summed E-state index contributed by atoms with van der Waals surface area (Å²) in [5, 5.41) is 8.66. The second-order valence-electron chi connectivity index (χ2n) is 3.30. The third kappa shape index (κ3) is 2.06. The van der Waals surface area contributed by atoms with E-state index in [0.717, 1.165) is 6.42 Å². The molecule has 1 aliphatic heterocycles. The Morgan fingerprint density at radius 2 is 2.23 bits per heavy atom. The van der Waals surface area contributed by atoms with Crippen LogP contribution in [0.2, 0.25) is 0 Å². The van der Waals surface area contributed by atoms with Crippen molar-refractivity contribution in [3.8, 4) is 0 Å². The standard InChI is InChI=1S/C9H15NO3/c1-2-4-10-8(12)6-7(3-5-11)9(10)13/h7,11H,2-6H2,1H3. The van der Waals surface area contributed by atoms with E-state index in [1.54, 1.807) is 0 Å². The second-order valence-corrected chi connectivity index (χ2v) is 3.30. The highest BCUT2D eigenvalue weighted by Gasteiger charge is 2.37. The van der Waals surface area contributed by atoms with Crippen molar-refractivity contribution in [2.24, 2.45) is 5.92 Å². The van der Waals surface area contributed by atoms with Gasteiger partial charge in [-0.2, -0.15) is 0 Å². The molecular formula is C9H15NO3. The fraction of sp³-hybridized carbons (Fsp3) is 0.778. The Balaban J connectivity index is 2.58. The third-order valence-corrected chi connectivity index (χ3v) is 2.26. The zero-order valence-electron chi connectivity index (χ0n) is 7.82. The fourth-order valence-corrected chi connectivity index (χ4v) is 1.59. The number of carbonyl (C=O) groups is 2. The molecule has 0 radical (unpaired) electrons. The largest absolute Gasteiger partial charge is 0.396 e. The van der Waals surface area contributed by atoms with Gasteiger partial charge in [0.1, 0.15) is 0 Å². The molecule has 0 aromatic rings. The van der Waals surface area contributed by atoms with Crippen LogP contribution in [0.4, 0.5) is 0 Å². The van der Waals surface area contributed by atoms with E-state index in [2.05, 4.69) is 0 Å². The molecule has 0 aromatic carbocycles. The van der Waals surface area contributed by atoms with E-state index in [4.69, 9.17) is 5.11 Å². The lowest BCUT2D eigenvalue weighted by molar-refractivity contribution is -0.139. The number of amides is 2. The van der Waals surface area contributed by atoms with Crippen molar-refractivity contribution in [2.45, 2.75) is 26.2 Å². The lowest BCUT2D eigenvalue weighted by Gasteiger charge is -2.12. The highest BCUT2D eigenvalue weighted by atomic mass is 16.3. The molecule has 2 amide bonds. The van der Waals surface area contributed by atoms with E-state index in [-0.39, 0.29) is 30.8 Å². The minimum Gasteiger partial charge on any atom is -0.396 e. The Labute approximate surface area is 77.5 Å². The molecule has 1 unspecified atom stereocenters. The van der Waals surface area contributed by atoms with Crippen LogP contribution in [0.5, 0.6) is 0 Å². The third-order valence-electron chi connectivity index (χ3n) is 2.26. The van der Waals surface area contributed by atoms with Gasteiger partial charge in [-0.25, -0.2) is 0 Å². The number of likely N-dealkylation sites (tertiary alicyclic amines) is 1. The van der Waals surface area contributed by atoms with E-state index in [1.165, 1.54) is 4.90 Å². The molecule has 1 saturated heterocycles. The number of rotatable bonds is 4. The molecule has 13 heavy (non-hydrogen) atoms. The molecule has 4 heteroatoms. The number of aliphatic hydroxyl groups excluding tert-OH is 1. The minimum atomic E-state index is -0.274. The van der Waals surface area contributed by atoms with Gasteiger partial charge in [0.15, 0.2) is 0 Å². The van der Waals surface area contributed by atoms with Gasteiger partial charge in [0, 0.05) is 25.5 Å². The number of aliphatic hydroxyl groups is 1. The van der Waals surface area contributed by atoms with Crippen LogP contribution in [-0.2, 0) is 9.59 Å².